The van der Waals surface area contributed by atoms with E-state index in [-0.39, 0.29) is 0 Å². The fourth-order valence-corrected chi connectivity index (χ4v) is 2.58. The van der Waals surface area contributed by atoms with E-state index in [1.807, 2.05) is 0 Å². The first kappa shape index (κ1) is 9.47. The highest BCUT2D eigenvalue weighted by molar-refractivity contribution is 4.79. The van der Waals surface area contributed by atoms with E-state index in [1.54, 1.807) is 0 Å². The second kappa shape index (κ2) is 4.43. The fourth-order valence-electron chi connectivity index (χ4n) is 2.58. The molecule has 2 heteroatoms. The second-order valence-electron chi connectivity index (χ2n) is 4.60. The van der Waals surface area contributed by atoms with Crippen LogP contribution < -0.4 is 5.32 Å². The number of likely N-dealkylation sites (tertiary alicyclic amines) is 1. The third-order valence-corrected chi connectivity index (χ3v) is 3.57. The highest BCUT2D eigenvalue weighted by atomic mass is 15.2. The van der Waals surface area contributed by atoms with Gasteiger partial charge in [-0.15, -0.1) is 0 Å². The molecule has 0 bridgehead atoms. The van der Waals surface area contributed by atoms with Crippen molar-refractivity contribution in [3.05, 3.63) is 0 Å². The van der Waals surface area contributed by atoms with Crippen LogP contribution in [0.25, 0.3) is 0 Å². The molecule has 0 amide bonds. The van der Waals surface area contributed by atoms with Gasteiger partial charge in [0.1, 0.15) is 0 Å². The van der Waals surface area contributed by atoms with E-state index >= 15 is 0 Å². The Morgan fingerprint density at radius 2 is 2.00 bits per heavy atom. The van der Waals surface area contributed by atoms with Crippen LogP contribution in [-0.2, 0) is 0 Å². The zero-order chi connectivity index (χ0) is 9.10. The van der Waals surface area contributed by atoms with E-state index in [9.17, 15) is 0 Å². The summed E-state index contributed by atoms with van der Waals surface area (Å²) in [5.41, 5.74) is 0. The molecule has 2 fully saturated rings. The average molecular weight is 181 g/mol. The third kappa shape index (κ3) is 2.44. The van der Waals surface area contributed by atoms with Crippen molar-refractivity contribution in [2.45, 2.75) is 38.6 Å². The third-order valence-electron chi connectivity index (χ3n) is 3.57. The lowest BCUT2D eigenvalue weighted by Crippen LogP contribution is -2.35. The van der Waals surface area contributed by atoms with Crippen LogP contribution in [0.3, 0.4) is 0 Å². The minimum absolute atomic E-state index is 0.846. The van der Waals surface area contributed by atoms with Crippen molar-refractivity contribution in [1.82, 2.24) is 10.2 Å². The molecule has 0 aliphatic carbocycles. The lowest BCUT2D eigenvalue weighted by Gasteiger charge is -2.29. The van der Waals surface area contributed by atoms with Gasteiger partial charge < -0.3 is 4.90 Å². The number of nitrogens with zero attached hydrogens (tertiary/aromatic N) is 2. The molecule has 0 N–H and O–H groups in total. The largest absolute Gasteiger partial charge is 0.300 e. The van der Waals surface area contributed by atoms with Gasteiger partial charge in [0.25, 0.3) is 0 Å². The highest BCUT2D eigenvalue weighted by Crippen LogP contribution is 2.21. The predicted octanol–water partition coefficient (Wildman–Crippen LogP) is 1.49. The van der Waals surface area contributed by atoms with E-state index in [0.29, 0.717) is 0 Å². The van der Waals surface area contributed by atoms with Crippen molar-refractivity contribution in [3.63, 3.8) is 0 Å². The first-order valence-electron chi connectivity index (χ1n) is 5.73. The number of hydrogen-bond donors (Lipinski definition) is 0. The van der Waals surface area contributed by atoms with Gasteiger partial charge in [0.15, 0.2) is 0 Å². The summed E-state index contributed by atoms with van der Waals surface area (Å²) in [6, 6.07) is 0.846. The summed E-state index contributed by atoms with van der Waals surface area (Å²) >= 11 is 0. The summed E-state index contributed by atoms with van der Waals surface area (Å²) in [5, 5.41) is 4.40. The smallest absolute Gasteiger partial charge is 0.0136 e. The summed E-state index contributed by atoms with van der Waals surface area (Å²) in [7, 11) is 0. The molecule has 2 heterocycles. The Bertz CT molecular complexity index is 152. The van der Waals surface area contributed by atoms with Crippen molar-refractivity contribution >= 4 is 0 Å². The number of hydrogen-bond acceptors (Lipinski definition) is 1. The van der Waals surface area contributed by atoms with Crippen molar-refractivity contribution in [2.75, 3.05) is 26.2 Å². The van der Waals surface area contributed by atoms with Gasteiger partial charge in [-0.25, -0.2) is 5.32 Å². The van der Waals surface area contributed by atoms with E-state index in [0.717, 1.165) is 25.0 Å². The van der Waals surface area contributed by atoms with Crippen molar-refractivity contribution in [1.29, 1.82) is 0 Å². The van der Waals surface area contributed by atoms with Crippen LogP contribution in [0.4, 0.5) is 0 Å². The standard InChI is InChI=1S/C11H21N2/c1-10-3-2-8-13(10)9-11-4-6-12-7-5-11/h10-11H,2-9H2,1H3. The van der Waals surface area contributed by atoms with Gasteiger partial charge in [-0.1, -0.05) is 0 Å². The molecule has 2 aliphatic rings. The molecule has 75 valence electrons. The minimum atomic E-state index is 0.846. The number of rotatable bonds is 2. The van der Waals surface area contributed by atoms with Crippen LogP contribution in [0.2, 0.25) is 0 Å². The molecule has 1 atom stereocenters. The Kier molecular flexibility index (Phi) is 3.23. The Balaban J connectivity index is 1.75. The second-order valence-corrected chi connectivity index (χ2v) is 4.60. The van der Waals surface area contributed by atoms with E-state index < -0.39 is 0 Å². The van der Waals surface area contributed by atoms with Crippen LogP contribution in [0.1, 0.15) is 32.6 Å². The summed E-state index contributed by atoms with van der Waals surface area (Å²) in [5.74, 6) is 0.943. The molecule has 0 aromatic heterocycles. The first-order valence-corrected chi connectivity index (χ1v) is 5.73. The molecule has 1 radical (unpaired) electrons. The maximum Gasteiger partial charge on any atom is 0.0136 e. The monoisotopic (exact) mass is 181 g/mol. The van der Waals surface area contributed by atoms with Gasteiger partial charge in [0.05, 0.1) is 0 Å². The minimum Gasteiger partial charge on any atom is -0.300 e. The molecule has 0 aromatic carbocycles. The number of piperidine rings is 1. The van der Waals surface area contributed by atoms with E-state index in [1.165, 1.54) is 38.8 Å². The molecule has 13 heavy (non-hydrogen) atoms. The van der Waals surface area contributed by atoms with Crippen molar-refractivity contribution < 1.29 is 0 Å². The summed E-state index contributed by atoms with van der Waals surface area (Å²) in [6.07, 6.45) is 5.50. The Labute approximate surface area is 81.7 Å². The molecule has 0 saturated carbocycles. The highest BCUT2D eigenvalue weighted by Gasteiger charge is 2.24. The van der Waals surface area contributed by atoms with Crippen LogP contribution in [0, 0.1) is 5.92 Å². The zero-order valence-electron chi connectivity index (χ0n) is 8.71. The summed E-state index contributed by atoms with van der Waals surface area (Å²) in [6.45, 7) is 7.30. The molecule has 1 unspecified atom stereocenters. The SMILES string of the molecule is CC1CCCN1CC1CC[N]CC1. The molecule has 0 spiro atoms. The van der Waals surface area contributed by atoms with Gasteiger partial charge >= 0.3 is 0 Å². The molecule has 0 aromatic rings. The first-order chi connectivity index (χ1) is 6.36. The molecule has 2 rings (SSSR count). The molecule has 2 aliphatic heterocycles. The average Bonchev–Trinajstić information content (AvgIpc) is 2.54. The fraction of sp³-hybridized carbons (Fsp3) is 1.00. The topological polar surface area (TPSA) is 17.3 Å². The molecule has 2 saturated heterocycles. The van der Waals surface area contributed by atoms with Gasteiger partial charge in [-0.3, -0.25) is 0 Å². The quantitative estimate of drug-likeness (QED) is 0.631. The summed E-state index contributed by atoms with van der Waals surface area (Å²) in [4.78, 5) is 2.68. The predicted molar refractivity (Wildman–Crippen MR) is 54.9 cm³/mol. The van der Waals surface area contributed by atoms with Crippen LogP contribution in [-0.4, -0.2) is 37.1 Å². The molecular formula is C11H21N2. The maximum absolute atomic E-state index is 4.40. The van der Waals surface area contributed by atoms with E-state index in [2.05, 4.69) is 17.1 Å². The normalized spacial score (nSPS) is 32.5. The van der Waals surface area contributed by atoms with Crippen molar-refractivity contribution in [3.8, 4) is 0 Å². The molecular weight excluding hydrogens is 160 g/mol. The van der Waals surface area contributed by atoms with Crippen LogP contribution in [0.15, 0.2) is 0 Å². The molecule has 2 nitrogen and oxygen atoms in total. The Hall–Kier alpha value is -0.0800. The zero-order valence-corrected chi connectivity index (χ0v) is 8.71. The van der Waals surface area contributed by atoms with Gasteiger partial charge in [0.2, 0.25) is 0 Å². The maximum atomic E-state index is 4.40. The van der Waals surface area contributed by atoms with Crippen molar-refractivity contribution in [2.24, 2.45) is 5.92 Å². The van der Waals surface area contributed by atoms with Gasteiger partial charge in [0, 0.05) is 25.7 Å². The van der Waals surface area contributed by atoms with Gasteiger partial charge in [-0.2, -0.15) is 0 Å². The van der Waals surface area contributed by atoms with E-state index in [4.69, 9.17) is 0 Å². The lowest BCUT2D eigenvalue weighted by atomic mass is 9.97. The van der Waals surface area contributed by atoms with Crippen LogP contribution in [0.5, 0.6) is 0 Å². The lowest BCUT2D eigenvalue weighted by molar-refractivity contribution is 0.200. The Morgan fingerprint density at radius 3 is 2.62 bits per heavy atom. The summed E-state index contributed by atoms with van der Waals surface area (Å²) < 4.78 is 0. The Morgan fingerprint density at radius 1 is 1.23 bits per heavy atom. The van der Waals surface area contributed by atoms with Crippen LogP contribution >= 0.6 is 0 Å². The van der Waals surface area contributed by atoms with Gasteiger partial charge in [-0.05, 0) is 45.1 Å².